The molecule has 0 atom stereocenters. The molecule has 5 nitrogen and oxygen atoms in total. The molecule has 4 rings (SSSR count). The van der Waals surface area contributed by atoms with Crippen molar-refractivity contribution in [3.8, 4) is 0 Å². The van der Waals surface area contributed by atoms with Gasteiger partial charge < -0.3 is 17.6 Å². The first kappa shape index (κ1) is 14.5. The first-order valence-electron chi connectivity index (χ1n) is 7.47. The standard InChI is InChI=1S/C16H12BF2N5/c18-17(19)23-9-3-7-14(23)16(15-8-4-10-24(15)17)13-6-2-1-5-12(13)11-21-22-20/h1-10H,11H2. The number of allylic oxidation sites excluding steroid dienone is 2. The summed E-state index contributed by atoms with van der Waals surface area (Å²) >= 11 is 0. The zero-order valence-electron chi connectivity index (χ0n) is 12.5. The van der Waals surface area contributed by atoms with Gasteiger partial charge >= 0.3 is 6.97 Å². The molecule has 0 amide bonds. The largest absolute Gasteiger partial charge is 0.737 e. The fraction of sp³-hybridized carbons (Fsp3) is 0.0625. The van der Waals surface area contributed by atoms with E-state index in [1.54, 1.807) is 24.3 Å². The zero-order valence-corrected chi connectivity index (χ0v) is 12.5. The minimum Gasteiger partial charge on any atom is -0.396 e. The molecule has 2 aromatic rings. The molecule has 0 radical (unpaired) electrons. The minimum atomic E-state index is -3.91. The Hall–Kier alpha value is -3.12. The van der Waals surface area contributed by atoms with E-state index in [0.29, 0.717) is 17.0 Å². The summed E-state index contributed by atoms with van der Waals surface area (Å²) < 4.78 is 31.6. The van der Waals surface area contributed by atoms with Gasteiger partial charge in [0.2, 0.25) is 0 Å². The smallest absolute Gasteiger partial charge is 0.396 e. The van der Waals surface area contributed by atoms with Crippen molar-refractivity contribution in [1.82, 2.24) is 4.48 Å². The number of halogens is 2. The van der Waals surface area contributed by atoms with Gasteiger partial charge in [0.05, 0.1) is 12.1 Å². The van der Waals surface area contributed by atoms with Gasteiger partial charge in [0, 0.05) is 22.8 Å². The lowest BCUT2D eigenvalue weighted by atomic mass is 9.85. The second kappa shape index (κ2) is 5.21. The van der Waals surface area contributed by atoms with E-state index in [-0.39, 0.29) is 6.54 Å². The Balaban J connectivity index is 2.01. The quantitative estimate of drug-likeness (QED) is 0.355. The van der Waals surface area contributed by atoms with Crippen LogP contribution in [0.25, 0.3) is 16.0 Å². The highest BCUT2D eigenvalue weighted by molar-refractivity contribution is 6.57. The van der Waals surface area contributed by atoms with Crippen LogP contribution in [0.2, 0.25) is 0 Å². The third-order valence-corrected chi connectivity index (χ3v) is 4.33. The van der Waals surface area contributed by atoms with Crippen LogP contribution >= 0.6 is 0 Å². The predicted molar refractivity (Wildman–Crippen MR) is 88.6 cm³/mol. The molecule has 24 heavy (non-hydrogen) atoms. The van der Waals surface area contributed by atoms with Crippen molar-refractivity contribution >= 4 is 18.8 Å². The molecule has 0 saturated heterocycles. The summed E-state index contributed by atoms with van der Waals surface area (Å²) in [5, 5.41) is 3.62. The Morgan fingerprint density at radius 1 is 1.21 bits per heavy atom. The highest BCUT2D eigenvalue weighted by Crippen LogP contribution is 2.39. The molecule has 0 spiro atoms. The van der Waals surface area contributed by atoms with Crippen molar-refractivity contribution in [2.45, 2.75) is 6.54 Å². The summed E-state index contributed by atoms with van der Waals surface area (Å²) in [5.41, 5.74) is 11.8. The maximum Gasteiger partial charge on any atom is 0.737 e. The van der Waals surface area contributed by atoms with Gasteiger partial charge in [-0.05, 0) is 35.0 Å². The van der Waals surface area contributed by atoms with Gasteiger partial charge in [-0.2, -0.15) is 0 Å². The topological polar surface area (TPSA) is 56.7 Å². The van der Waals surface area contributed by atoms with Crippen molar-refractivity contribution in [2.75, 3.05) is 0 Å². The molecule has 2 aliphatic rings. The predicted octanol–water partition coefficient (Wildman–Crippen LogP) is 3.95. The molecule has 0 saturated carbocycles. The number of hydrogen-bond acceptors (Lipinski definition) is 1. The molecule has 118 valence electrons. The van der Waals surface area contributed by atoms with E-state index in [9.17, 15) is 8.63 Å². The van der Waals surface area contributed by atoms with Gasteiger partial charge in [-0.25, -0.2) is 0 Å². The van der Waals surface area contributed by atoms with Crippen LogP contribution in [0.1, 0.15) is 16.8 Å². The highest BCUT2D eigenvalue weighted by atomic mass is 19.2. The van der Waals surface area contributed by atoms with Crippen LogP contribution in [0.3, 0.4) is 0 Å². The lowest BCUT2D eigenvalue weighted by molar-refractivity contribution is -0.356. The second-order valence-electron chi connectivity index (χ2n) is 5.61. The zero-order chi connectivity index (χ0) is 16.7. The molecule has 1 aromatic carbocycles. The Morgan fingerprint density at radius 3 is 2.88 bits per heavy atom. The maximum absolute atomic E-state index is 14.8. The van der Waals surface area contributed by atoms with Crippen LogP contribution in [0.4, 0.5) is 8.63 Å². The monoisotopic (exact) mass is 323 g/mol. The number of azide groups is 1. The average Bonchev–Trinajstić information content (AvgIpc) is 3.24. The molecule has 0 N–H and O–H groups in total. The molecular weight excluding hydrogens is 311 g/mol. The van der Waals surface area contributed by atoms with E-state index >= 15 is 0 Å². The first-order chi connectivity index (χ1) is 11.6. The summed E-state index contributed by atoms with van der Waals surface area (Å²) in [6, 6.07) is 10.7. The molecule has 2 aliphatic heterocycles. The van der Waals surface area contributed by atoms with E-state index in [1.807, 2.05) is 24.3 Å². The van der Waals surface area contributed by atoms with E-state index in [2.05, 4.69) is 10.0 Å². The molecule has 3 heterocycles. The van der Waals surface area contributed by atoms with Crippen molar-refractivity contribution in [3.63, 3.8) is 0 Å². The van der Waals surface area contributed by atoms with E-state index < -0.39 is 6.97 Å². The lowest BCUT2D eigenvalue weighted by Crippen LogP contribution is -2.49. The van der Waals surface area contributed by atoms with E-state index in [0.717, 1.165) is 20.1 Å². The highest BCUT2D eigenvalue weighted by Gasteiger charge is 2.51. The summed E-state index contributed by atoms with van der Waals surface area (Å²) in [4.78, 5) is 2.80. The van der Waals surface area contributed by atoms with Gasteiger partial charge in [0.15, 0.2) is 5.70 Å². The van der Waals surface area contributed by atoms with Crippen molar-refractivity contribution in [3.05, 3.63) is 87.7 Å². The van der Waals surface area contributed by atoms with Crippen LogP contribution in [0.5, 0.6) is 0 Å². The summed E-state index contributed by atoms with van der Waals surface area (Å²) in [7, 11) is 0. The minimum absolute atomic E-state index is 0.166. The van der Waals surface area contributed by atoms with Crippen molar-refractivity contribution < 1.29 is 13.1 Å². The molecule has 1 aromatic heterocycles. The molecule has 0 aliphatic carbocycles. The van der Waals surface area contributed by atoms with Gasteiger partial charge in [-0.15, -0.1) is 0 Å². The van der Waals surface area contributed by atoms with Crippen molar-refractivity contribution in [1.29, 1.82) is 0 Å². The number of hydrogen-bond donors (Lipinski definition) is 0. The van der Waals surface area contributed by atoms with Gasteiger partial charge in [-0.3, -0.25) is 0 Å². The molecule has 0 fully saturated rings. The maximum atomic E-state index is 14.8. The average molecular weight is 323 g/mol. The molecule has 0 unspecified atom stereocenters. The van der Waals surface area contributed by atoms with Gasteiger partial charge in [0.25, 0.3) is 0 Å². The number of rotatable bonds is 3. The Kier molecular flexibility index (Phi) is 3.14. The normalized spacial score (nSPS) is 17.2. The number of benzene rings is 1. The SMILES string of the molecule is [N-]=[N+]=NCc1ccccc1C1=C2C=CC=[N+]2[B-](F)(F)n2cccc21. The summed E-state index contributed by atoms with van der Waals surface area (Å²) in [6.45, 7) is -3.74. The Bertz CT molecular complexity index is 980. The van der Waals surface area contributed by atoms with E-state index in [4.69, 9.17) is 5.53 Å². The third kappa shape index (κ3) is 1.93. The lowest BCUT2D eigenvalue weighted by Gasteiger charge is -2.31. The van der Waals surface area contributed by atoms with E-state index in [1.165, 1.54) is 12.4 Å². The fourth-order valence-electron chi connectivity index (χ4n) is 3.30. The summed E-state index contributed by atoms with van der Waals surface area (Å²) in [6.07, 6.45) is 6.10. The number of fused-ring (bicyclic) bond motifs is 2. The van der Waals surface area contributed by atoms with Gasteiger partial charge in [-0.1, -0.05) is 29.4 Å². The summed E-state index contributed by atoms with van der Waals surface area (Å²) in [5.74, 6) is 0. The molecule has 8 heteroatoms. The second-order valence-corrected chi connectivity index (χ2v) is 5.61. The molecular formula is C16H12BF2N5. The van der Waals surface area contributed by atoms with Crippen LogP contribution in [-0.4, -0.2) is 22.1 Å². The van der Waals surface area contributed by atoms with Crippen LogP contribution in [0, 0.1) is 0 Å². The van der Waals surface area contributed by atoms with Crippen LogP contribution in [0.15, 0.2) is 65.6 Å². The number of nitrogens with zero attached hydrogens (tertiary/aromatic N) is 5. The molecule has 0 bridgehead atoms. The Morgan fingerprint density at radius 2 is 2.04 bits per heavy atom. The fourth-order valence-corrected chi connectivity index (χ4v) is 3.30. The number of aromatic nitrogens is 1. The van der Waals surface area contributed by atoms with Crippen LogP contribution < -0.4 is 0 Å². The third-order valence-electron chi connectivity index (χ3n) is 4.33. The first-order valence-corrected chi connectivity index (χ1v) is 7.47. The Labute approximate surface area is 136 Å². The van der Waals surface area contributed by atoms with Crippen LogP contribution in [-0.2, 0) is 6.54 Å². The van der Waals surface area contributed by atoms with Gasteiger partial charge in [0.1, 0.15) is 6.21 Å². The van der Waals surface area contributed by atoms with Crippen molar-refractivity contribution in [2.24, 2.45) is 5.11 Å².